The second-order valence-electron chi connectivity index (χ2n) is 14.5. The number of aromatic nitrogens is 2. The smallest absolute Gasteiger partial charge is 0.279 e. The van der Waals surface area contributed by atoms with Crippen molar-refractivity contribution < 1.29 is 19.4 Å². The van der Waals surface area contributed by atoms with Gasteiger partial charge in [0.15, 0.2) is 5.60 Å². The van der Waals surface area contributed by atoms with Crippen LogP contribution in [0.5, 0.6) is 5.75 Å². The van der Waals surface area contributed by atoms with Crippen molar-refractivity contribution in [1.29, 1.82) is 0 Å². The number of allylic oxidation sites excluding steroid dienone is 3. The number of fused-ring (bicyclic) bond motifs is 3. The Bertz CT molecular complexity index is 1970. The number of nitrogens with one attached hydrogen (secondary N) is 1. The molecule has 3 aromatic carbocycles. The molecule has 0 aliphatic carbocycles. The van der Waals surface area contributed by atoms with Crippen LogP contribution in [-0.2, 0) is 15.1 Å². The van der Waals surface area contributed by atoms with Crippen LogP contribution in [-0.4, -0.2) is 55.2 Å². The molecule has 1 fully saturated rings. The fraction of sp³-hybridized carbons (Fsp3) is 0.400. The van der Waals surface area contributed by atoms with E-state index >= 15 is 4.79 Å². The monoisotopic (exact) mass is 679 g/mol. The Kier molecular flexibility index (Phi) is 9.63. The molecule has 4 aromatic rings. The minimum atomic E-state index is -2.32. The number of carbonyl (C=O) groups excluding carboxylic acids is 1. The number of rotatable bonds is 11. The van der Waals surface area contributed by atoms with E-state index in [4.69, 9.17) is 9.47 Å². The number of hydrogen-bond acceptors (Lipinski definition) is 5. The van der Waals surface area contributed by atoms with Crippen LogP contribution in [0.15, 0.2) is 94.8 Å². The van der Waals surface area contributed by atoms with Crippen LogP contribution >= 0.6 is 0 Å². The molecule has 0 radical (unpaired) electrons. The summed E-state index contributed by atoms with van der Waals surface area (Å²) in [6.45, 7) is 13.5. The summed E-state index contributed by atoms with van der Waals surface area (Å²) < 4.78 is 14.1. The van der Waals surface area contributed by atoms with Crippen molar-refractivity contribution in [3.8, 4) is 11.4 Å². The molecule has 2 aliphatic heterocycles. The molecule has 4 atom stereocenters. The van der Waals surface area contributed by atoms with Gasteiger partial charge in [0.25, 0.3) is 11.5 Å². The lowest BCUT2D eigenvalue weighted by Crippen LogP contribution is -2.52. The number of para-hydroxylation sites is 1. The molecule has 9 heteroatoms. The molecule has 6 rings (SSSR count). The van der Waals surface area contributed by atoms with Gasteiger partial charge in [0.05, 0.1) is 43.6 Å². The molecule has 0 bridgehead atoms. The lowest BCUT2D eigenvalue weighted by atomic mass is 9.82. The number of anilines is 1. The van der Waals surface area contributed by atoms with Gasteiger partial charge >= 0.3 is 0 Å². The highest BCUT2D eigenvalue weighted by atomic mass is 28.3. The standard InChI is InChI=1S/C40H49N3O5Si/c1-26(2)11-10-12-27(3)21-23-42-35-20-15-29(43-38(45)32-13-8-9-14-34(32)41-43)25-33(35)40(39(42)46)28(4)37(36(48-40)22-24-44)49(6,7)31-18-16-30(47-5)17-19-31/h8-9,11,13-21,25,28,36-37,41,44H,10,12,22-24H2,1-7H3/b27-21+/t28-,36+,37-,40+/m0/s1. The zero-order valence-electron chi connectivity index (χ0n) is 29.7. The molecule has 2 N–H and O–H groups in total. The Hall–Kier alpha value is -4.18. The van der Waals surface area contributed by atoms with Gasteiger partial charge in [-0.15, -0.1) is 0 Å². The number of carbonyl (C=O) groups is 1. The summed E-state index contributed by atoms with van der Waals surface area (Å²) >= 11 is 0. The second kappa shape index (κ2) is 13.6. The van der Waals surface area contributed by atoms with E-state index in [9.17, 15) is 9.90 Å². The average Bonchev–Trinajstić information content (AvgIpc) is 3.66. The Morgan fingerprint density at radius 2 is 1.78 bits per heavy atom. The Morgan fingerprint density at radius 3 is 2.45 bits per heavy atom. The number of nitrogens with zero attached hydrogens (tertiary/aromatic N) is 2. The number of methoxy groups -OCH3 is 1. The van der Waals surface area contributed by atoms with Gasteiger partial charge in [-0.1, -0.05) is 72.8 Å². The first-order valence-electron chi connectivity index (χ1n) is 17.3. The molecule has 3 heterocycles. The van der Waals surface area contributed by atoms with E-state index < -0.39 is 13.7 Å². The summed E-state index contributed by atoms with van der Waals surface area (Å²) in [5.41, 5.74) is 4.07. The van der Waals surface area contributed by atoms with Crippen molar-refractivity contribution >= 4 is 35.8 Å². The van der Waals surface area contributed by atoms with Gasteiger partial charge in [0.2, 0.25) is 0 Å². The highest BCUT2D eigenvalue weighted by Gasteiger charge is 2.66. The summed E-state index contributed by atoms with van der Waals surface area (Å²) in [4.78, 5) is 30.4. The van der Waals surface area contributed by atoms with Gasteiger partial charge in [-0.2, -0.15) is 0 Å². The molecule has 258 valence electrons. The van der Waals surface area contributed by atoms with Gasteiger partial charge in [-0.3, -0.25) is 14.7 Å². The van der Waals surface area contributed by atoms with Gasteiger partial charge in [-0.25, -0.2) is 4.68 Å². The van der Waals surface area contributed by atoms with E-state index in [1.54, 1.807) is 11.8 Å². The lowest BCUT2D eigenvalue weighted by Gasteiger charge is -2.37. The van der Waals surface area contributed by atoms with Crippen molar-refractivity contribution in [2.24, 2.45) is 5.92 Å². The molecular weight excluding hydrogens is 631 g/mol. The summed E-state index contributed by atoms with van der Waals surface area (Å²) in [5.74, 6) is 0.503. The number of hydrogen-bond donors (Lipinski definition) is 2. The normalized spacial score (nSPS) is 22.3. The first-order valence-corrected chi connectivity index (χ1v) is 20.4. The quantitative estimate of drug-likeness (QED) is 0.132. The lowest BCUT2D eigenvalue weighted by molar-refractivity contribution is -0.146. The second-order valence-corrected chi connectivity index (χ2v) is 19.1. The molecule has 1 saturated heterocycles. The fourth-order valence-electron chi connectivity index (χ4n) is 8.20. The third-order valence-corrected chi connectivity index (χ3v) is 15.2. The Balaban J connectivity index is 1.47. The van der Waals surface area contributed by atoms with Crippen molar-refractivity contribution in [2.45, 2.75) is 77.3 Å². The molecular formula is C40H49N3O5Si. The fourth-order valence-corrected chi connectivity index (χ4v) is 12.3. The summed E-state index contributed by atoms with van der Waals surface area (Å²) in [6.07, 6.45) is 6.35. The SMILES string of the molecule is COc1ccc([Si](C)(C)[C@@H]2[C@@H](CCO)O[C@]3(C(=O)N(C/C=C(\C)CCC=C(C)C)c4ccc(-n5[nH]c6ccccc6c5=O)cc43)[C@H]2C)cc1. The maximum atomic E-state index is 15.0. The van der Waals surface area contributed by atoms with Crippen LogP contribution in [0.4, 0.5) is 5.69 Å². The summed E-state index contributed by atoms with van der Waals surface area (Å²) in [7, 11) is -0.657. The van der Waals surface area contributed by atoms with Crippen LogP contribution in [0.25, 0.3) is 16.6 Å². The molecule has 0 saturated carbocycles. The Morgan fingerprint density at radius 1 is 1.04 bits per heavy atom. The topological polar surface area (TPSA) is 96.8 Å². The highest BCUT2D eigenvalue weighted by Crippen LogP contribution is 2.60. The van der Waals surface area contributed by atoms with E-state index in [2.05, 4.69) is 70.2 Å². The van der Waals surface area contributed by atoms with Gasteiger partial charge in [0.1, 0.15) is 5.75 Å². The highest BCUT2D eigenvalue weighted by molar-refractivity contribution is 6.91. The minimum absolute atomic E-state index is 0.0191. The molecule has 49 heavy (non-hydrogen) atoms. The molecule has 1 spiro atoms. The molecule has 2 aliphatic rings. The summed E-state index contributed by atoms with van der Waals surface area (Å²) in [6, 6.07) is 21.5. The zero-order valence-corrected chi connectivity index (χ0v) is 30.7. The van der Waals surface area contributed by atoms with E-state index in [1.807, 2.05) is 59.5 Å². The summed E-state index contributed by atoms with van der Waals surface area (Å²) in [5, 5.41) is 15.4. The van der Waals surface area contributed by atoms with Gasteiger partial charge < -0.3 is 19.5 Å². The van der Waals surface area contributed by atoms with E-state index in [-0.39, 0.29) is 35.6 Å². The number of H-pyrrole nitrogens is 1. The van der Waals surface area contributed by atoms with Crippen LogP contribution in [0.3, 0.4) is 0 Å². The maximum Gasteiger partial charge on any atom is 0.279 e. The van der Waals surface area contributed by atoms with Crippen LogP contribution in [0, 0.1) is 5.92 Å². The van der Waals surface area contributed by atoms with Gasteiger partial charge in [0, 0.05) is 24.6 Å². The van der Waals surface area contributed by atoms with Crippen molar-refractivity contribution in [1.82, 2.24) is 9.78 Å². The number of benzene rings is 3. The van der Waals surface area contributed by atoms with Crippen molar-refractivity contribution in [3.63, 3.8) is 0 Å². The third kappa shape index (κ3) is 6.02. The third-order valence-electron chi connectivity index (χ3n) is 10.8. The van der Waals surface area contributed by atoms with E-state index in [1.165, 1.54) is 16.3 Å². The number of amides is 1. The van der Waals surface area contributed by atoms with E-state index in [0.29, 0.717) is 24.0 Å². The van der Waals surface area contributed by atoms with Crippen molar-refractivity contribution in [2.75, 3.05) is 25.2 Å². The van der Waals surface area contributed by atoms with Crippen LogP contribution in [0.1, 0.15) is 52.5 Å². The first-order chi connectivity index (χ1) is 23.4. The molecule has 1 amide bonds. The molecule has 1 aromatic heterocycles. The number of aliphatic hydroxyl groups excluding tert-OH is 1. The molecule has 8 nitrogen and oxygen atoms in total. The number of ether oxygens (including phenoxy) is 2. The predicted octanol–water partition coefficient (Wildman–Crippen LogP) is 6.97. The van der Waals surface area contributed by atoms with Crippen LogP contribution < -0.4 is 20.4 Å². The largest absolute Gasteiger partial charge is 0.497 e. The zero-order chi connectivity index (χ0) is 35.1. The van der Waals surface area contributed by atoms with Crippen molar-refractivity contribution in [3.05, 3.63) is 106 Å². The minimum Gasteiger partial charge on any atom is -0.497 e. The first kappa shape index (κ1) is 34.7. The average molecular weight is 680 g/mol. The van der Waals surface area contributed by atoms with E-state index in [0.717, 1.165) is 35.4 Å². The maximum absolute atomic E-state index is 15.0. The number of aliphatic hydroxyl groups is 1. The Labute approximate surface area is 290 Å². The number of aromatic amines is 1. The van der Waals surface area contributed by atoms with Gasteiger partial charge in [-0.05, 0) is 88.0 Å². The predicted molar refractivity (Wildman–Crippen MR) is 200 cm³/mol. The molecule has 0 unspecified atom stereocenters. The van der Waals surface area contributed by atoms with Crippen LogP contribution in [0.2, 0.25) is 18.6 Å².